The van der Waals surface area contributed by atoms with Gasteiger partial charge in [-0.25, -0.2) is 0 Å². The maximum Gasteiger partial charge on any atom is 0.191 e. The Morgan fingerprint density at radius 2 is 2.00 bits per heavy atom. The van der Waals surface area contributed by atoms with Gasteiger partial charge in [0.2, 0.25) is 0 Å². The summed E-state index contributed by atoms with van der Waals surface area (Å²) in [5.41, 5.74) is 1.68. The fraction of sp³-hybridized carbons (Fsp3) is 0.438. The normalized spacial score (nSPS) is 15.7. The van der Waals surface area contributed by atoms with E-state index in [2.05, 4.69) is 56.2 Å². The van der Waals surface area contributed by atoms with E-state index in [1.807, 2.05) is 11.6 Å². The third kappa shape index (κ3) is 4.21. The lowest BCUT2D eigenvalue weighted by molar-refractivity contribution is 0.640. The van der Waals surface area contributed by atoms with Crippen LogP contribution in [0.3, 0.4) is 0 Å². The number of hydrogen-bond donors (Lipinski definition) is 2. The summed E-state index contributed by atoms with van der Waals surface area (Å²) < 4.78 is 1.90. The number of aromatic nitrogens is 3. The van der Waals surface area contributed by atoms with E-state index < -0.39 is 0 Å². The van der Waals surface area contributed by atoms with E-state index in [1.165, 1.54) is 18.4 Å². The summed E-state index contributed by atoms with van der Waals surface area (Å²) in [6.07, 6.45) is 4.15. The van der Waals surface area contributed by atoms with E-state index in [-0.39, 0.29) is 29.4 Å². The quantitative estimate of drug-likeness (QED) is 0.435. The minimum atomic E-state index is 0. The van der Waals surface area contributed by atoms with Gasteiger partial charge in [0.1, 0.15) is 6.33 Å². The van der Waals surface area contributed by atoms with Crippen LogP contribution < -0.4 is 10.6 Å². The minimum absolute atomic E-state index is 0. The SMILES string of the molecule is CN=C(NCc1nncn1C)NCC1(c2ccccc2)CC1.I. The number of benzene rings is 1. The molecule has 1 fully saturated rings. The fourth-order valence-electron chi connectivity index (χ4n) is 2.61. The number of halogens is 1. The van der Waals surface area contributed by atoms with Crippen molar-refractivity contribution < 1.29 is 0 Å². The average molecular weight is 426 g/mol. The maximum absolute atomic E-state index is 4.28. The molecule has 1 saturated carbocycles. The van der Waals surface area contributed by atoms with Crippen LogP contribution in [0.15, 0.2) is 41.7 Å². The maximum atomic E-state index is 4.28. The van der Waals surface area contributed by atoms with Gasteiger partial charge in [-0.1, -0.05) is 30.3 Å². The van der Waals surface area contributed by atoms with Crippen LogP contribution in [0.25, 0.3) is 0 Å². The summed E-state index contributed by atoms with van der Waals surface area (Å²) in [4.78, 5) is 4.28. The second kappa shape index (κ2) is 7.76. The Balaban J connectivity index is 0.00000192. The molecule has 1 aliphatic carbocycles. The largest absolute Gasteiger partial charge is 0.356 e. The first-order valence-corrected chi connectivity index (χ1v) is 7.56. The van der Waals surface area contributed by atoms with Gasteiger partial charge in [-0.3, -0.25) is 4.99 Å². The van der Waals surface area contributed by atoms with E-state index in [0.29, 0.717) is 6.54 Å². The van der Waals surface area contributed by atoms with Crippen LogP contribution in [0.5, 0.6) is 0 Å². The first-order chi connectivity index (χ1) is 10.7. The molecule has 1 heterocycles. The van der Waals surface area contributed by atoms with Crippen LogP contribution in [0.4, 0.5) is 0 Å². The van der Waals surface area contributed by atoms with Gasteiger partial charge in [0.15, 0.2) is 11.8 Å². The van der Waals surface area contributed by atoms with Crippen molar-refractivity contribution in [2.45, 2.75) is 24.8 Å². The Labute approximate surface area is 153 Å². The predicted octanol–water partition coefficient (Wildman–Crippen LogP) is 1.83. The number of guanidine groups is 1. The molecule has 23 heavy (non-hydrogen) atoms. The molecule has 0 amide bonds. The molecular weight excluding hydrogens is 403 g/mol. The number of rotatable bonds is 5. The summed E-state index contributed by atoms with van der Waals surface area (Å²) in [5, 5.41) is 14.6. The van der Waals surface area contributed by atoms with Crippen LogP contribution >= 0.6 is 24.0 Å². The van der Waals surface area contributed by atoms with Crippen LogP contribution in [0, 0.1) is 0 Å². The van der Waals surface area contributed by atoms with Gasteiger partial charge in [0.25, 0.3) is 0 Å². The van der Waals surface area contributed by atoms with Crippen molar-refractivity contribution in [2.75, 3.05) is 13.6 Å². The van der Waals surface area contributed by atoms with Gasteiger partial charge in [-0.2, -0.15) is 0 Å². The Morgan fingerprint density at radius 1 is 1.26 bits per heavy atom. The van der Waals surface area contributed by atoms with E-state index in [4.69, 9.17) is 0 Å². The van der Waals surface area contributed by atoms with Crippen LogP contribution in [0.1, 0.15) is 24.2 Å². The lowest BCUT2D eigenvalue weighted by Crippen LogP contribution is -2.41. The average Bonchev–Trinajstić information content (AvgIpc) is 3.25. The molecule has 2 N–H and O–H groups in total. The molecule has 1 aromatic heterocycles. The van der Waals surface area contributed by atoms with Gasteiger partial charge >= 0.3 is 0 Å². The molecular formula is C16H23IN6. The van der Waals surface area contributed by atoms with Crippen molar-refractivity contribution in [3.63, 3.8) is 0 Å². The van der Waals surface area contributed by atoms with Crippen LogP contribution in [-0.4, -0.2) is 34.3 Å². The molecule has 0 aliphatic heterocycles. The Hall–Kier alpha value is -1.64. The highest BCUT2D eigenvalue weighted by molar-refractivity contribution is 14.0. The molecule has 1 aromatic carbocycles. The molecule has 0 saturated heterocycles. The standard InChI is InChI=1S/C16H22N6.HI/c1-17-15(18-10-14-21-20-12-22(14)2)19-11-16(8-9-16)13-6-4-3-5-7-13;/h3-7,12H,8-11H2,1-2H3,(H2,17,18,19);1H. The Bertz CT molecular complexity index is 648. The summed E-state index contributed by atoms with van der Waals surface area (Å²) in [6.45, 7) is 1.50. The van der Waals surface area contributed by atoms with Crippen molar-refractivity contribution in [2.24, 2.45) is 12.0 Å². The van der Waals surface area contributed by atoms with E-state index in [9.17, 15) is 0 Å². The Kier molecular flexibility index (Phi) is 5.97. The summed E-state index contributed by atoms with van der Waals surface area (Å²) in [5.74, 6) is 1.68. The van der Waals surface area contributed by atoms with Crippen molar-refractivity contribution >= 4 is 29.9 Å². The van der Waals surface area contributed by atoms with Crippen molar-refractivity contribution in [3.05, 3.63) is 48.0 Å². The number of hydrogen-bond acceptors (Lipinski definition) is 3. The van der Waals surface area contributed by atoms with Gasteiger partial charge in [-0.15, -0.1) is 34.2 Å². The molecule has 0 bridgehead atoms. The molecule has 6 nitrogen and oxygen atoms in total. The molecule has 7 heteroatoms. The molecule has 3 rings (SSSR count). The smallest absolute Gasteiger partial charge is 0.191 e. The summed E-state index contributed by atoms with van der Waals surface area (Å²) in [6, 6.07) is 10.7. The first-order valence-electron chi connectivity index (χ1n) is 7.56. The van der Waals surface area contributed by atoms with Crippen molar-refractivity contribution in [3.8, 4) is 0 Å². The third-order valence-corrected chi connectivity index (χ3v) is 4.28. The molecule has 124 valence electrons. The van der Waals surface area contributed by atoms with Crippen LogP contribution in [-0.2, 0) is 19.0 Å². The zero-order chi connectivity index (χ0) is 15.4. The lowest BCUT2D eigenvalue weighted by atomic mass is 9.96. The lowest BCUT2D eigenvalue weighted by Gasteiger charge is -2.19. The first kappa shape index (κ1) is 17.7. The monoisotopic (exact) mass is 426 g/mol. The number of nitrogens with one attached hydrogen (secondary N) is 2. The summed E-state index contributed by atoms with van der Waals surface area (Å²) in [7, 11) is 3.72. The molecule has 0 radical (unpaired) electrons. The number of nitrogens with zero attached hydrogens (tertiary/aromatic N) is 4. The number of aryl methyl sites for hydroxylation is 1. The zero-order valence-corrected chi connectivity index (χ0v) is 15.8. The minimum Gasteiger partial charge on any atom is -0.356 e. The van der Waals surface area contributed by atoms with Crippen molar-refractivity contribution in [1.82, 2.24) is 25.4 Å². The molecule has 0 spiro atoms. The molecule has 0 unspecified atom stereocenters. The molecule has 0 atom stereocenters. The molecule has 2 aromatic rings. The topological polar surface area (TPSA) is 67.1 Å². The number of aliphatic imine (C=N–C) groups is 1. The molecule has 1 aliphatic rings. The zero-order valence-electron chi connectivity index (χ0n) is 13.5. The van der Waals surface area contributed by atoms with E-state index in [1.54, 1.807) is 13.4 Å². The second-order valence-electron chi connectivity index (χ2n) is 5.78. The van der Waals surface area contributed by atoms with Gasteiger partial charge in [0, 0.05) is 26.1 Å². The third-order valence-electron chi connectivity index (χ3n) is 4.28. The highest BCUT2D eigenvalue weighted by Crippen LogP contribution is 2.47. The second-order valence-corrected chi connectivity index (χ2v) is 5.78. The van der Waals surface area contributed by atoms with Gasteiger partial charge < -0.3 is 15.2 Å². The van der Waals surface area contributed by atoms with E-state index in [0.717, 1.165) is 18.3 Å². The highest BCUT2D eigenvalue weighted by atomic mass is 127. The van der Waals surface area contributed by atoms with Crippen molar-refractivity contribution in [1.29, 1.82) is 0 Å². The van der Waals surface area contributed by atoms with E-state index >= 15 is 0 Å². The van der Waals surface area contributed by atoms with Crippen LogP contribution in [0.2, 0.25) is 0 Å². The Morgan fingerprint density at radius 3 is 2.57 bits per heavy atom. The van der Waals surface area contributed by atoms with Gasteiger partial charge in [0.05, 0.1) is 6.54 Å². The fourth-order valence-corrected chi connectivity index (χ4v) is 2.61. The highest BCUT2D eigenvalue weighted by Gasteiger charge is 2.43. The summed E-state index contributed by atoms with van der Waals surface area (Å²) >= 11 is 0. The van der Waals surface area contributed by atoms with Gasteiger partial charge in [-0.05, 0) is 18.4 Å². The predicted molar refractivity (Wildman–Crippen MR) is 102 cm³/mol.